The first-order valence-electron chi connectivity index (χ1n) is 10.2. The van der Waals surface area contributed by atoms with Crippen molar-refractivity contribution in [1.82, 2.24) is 14.9 Å². The van der Waals surface area contributed by atoms with Crippen molar-refractivity contribution < 1.29 is 9.53 Å². The van der Waals surface area contributed by atoms with Crippen LogP contribution in [0.2, 0.25) is 0 Å². The summed E-state index contributed by atoms with van der Waals surface area (Å²) in [5, 5.41) is 15.0. The SMILES string of the molecule is N#Cc1ccc(NC(=O)NCC2c3ccccc3-c3cncn32)c(Oc2ccccc2)c1. The van der Waals surface area contributed by atoms with Crippen molar-refractivity contribution >= 4 is 11.7 Å². The monoisotopic (exact) mass is 421 g/mol. The maximum atomic E-state index is 12.7. The number of rotatable bonds is 5. The van der Waals surface area contributed by atoms with E-state index in [1.54, 1.807) is 24.5 Å². The van der Waals surface area contributed by atoms with Crippen LogP contribution in [0.4, 0.5) is 10.5 Å². The Morgan fingerprint density at radius 3 is 2.75 bits per heavy atom. The molecule has 1 unspecified atom stereocenters. The number of urea groups is 1. The Labute approximate surface area is 184 Å². The fourth-order valence-electron chi connectivity index (χ4n) is 3.89. The van der Waals surface area contributed by atoms with Crippen molar-refractivity contribution in [2.24, 2.45) is 0 Å². The van der Waals surface area contributed by atoms with Crippen molar-refractivity contribution in [2.45, 2.75) is 6.04 Å². The highest BCUT2D eigenvalue weighted by atomic mass is 16.5. The molecule has 0 aliphatic carbocycles. The number of carbonyl (C=O) groups excluding carboxylic acids is 1. The van der Waals surface area contributed by atoms with Crippen LogP contribution in [0.3, 0.4) is 0 Å². The molecule has 3 aromatic carbocycles. The molecule has 1 aromatic heterocycles. The molecule has 0 bridgehead atoms. The summed E-state index contributed by atoms with van der Waals surface area (Å²) < 4.78 is 7.97. The molecule has 2 N–H and O–H groups in total. The van der Waals surface area contributed by atoms with Crippen LogP contribution in [0.25, 0.3) is 11.3 Å². The van der Waals surface area contributed by atoms with Crippen molar-refractivity contribution in [3.05, 3.63) is 96.4 Å². The number of amides is 2. The third-order valence-electron chi connectivity index (χ3n) is 5.38. The van der Waals surface area contributed by atoms with Crippen LogP contribution >= 0.6 is 0 Å². The smallest absolute Gasteiger partial charge is 0.319 e. The van der Waals surface area contributed by atoms with Crippen molar-refractivity contribution in [3.63, 3.8) is 0 Å². The second kappa shape index (κ2) is 8.28. The fraction of sp³-hybridized carbons (Fsp3) is 0.0800. The van der Waals surface area contributed by atoms with Crippen LogP contribution in [0.15, 0.2) is 85.3 Å². The predicted octanol–water partition coefficient (Wildman–Crippen LogP) is 4.94. The Kier molecular flexibility index (Phi) is 5.02. The molecule has 2 amide bonds. The Bertz CT molecular complexity index is 1320. The molecule has 0 saturated heterocycles. The highest BCUT2D eigenvalue weighted by molar-refractivity contribution is 5.91. The zero-order valence-electron chi connectivity index (χ0n) is 17.0. The van der Waals surface area contributed by atoms with Gasteiger partial charge >= 0.3 is 6.03 Å². The van der Waals surface area contributed by atoms with Gasteiger partial charge in [0.15, 0.2) is 5.75 Å². The van der Waals surface area contributed by atoms with Gasteiger partial charge < -0.3 is 19.9 Å². The lowest BCUT2D eigenvalue weighted by molar-refractivity contribution is 0.251. The van der Waals surface area contributed by atoms with Gasteiger partial charge in [-0.15, -0.1) is 0 Å². The number of para-hydroxylation sites is 1. The van der Waals surface area contributed by atoms with Gasteiger partial charge in [0.1, 0.15) is 5.75 Å². The lowest BCUT2D eigenvalue weighted by Crippen LogP contribution is -2.33. The number of anilines is 1. The summed E-state index contributed by atoms with van der Waals surface area (Å²) in [6, 6.07) is 23.9. The van der Waals surface area contributed by atoms with E-state index in [9.17, 15) is 10.1 Å². The standard InChI is InChI=1S/C25H19N5O2/c26-13-17-10-11-21(24(12-17)32-18-6-2-1-3-7-18)29-25(31)28-15-23-20-9-5-4-8-19(20)22-14-27-16-30(22)23/h1-12,14,16,23H,15H2,(H2,28,29,31). The minimum absolute atomic E-state index is 0.0320. The fourth-order valence-corrected chi connectivity index (χ4v) is 3.89. The number of nitriles is 1. The topological polar surface area (TPSA) is 92.0 Å². The molecule has 0 radical (unpaired) electrons. The van der Waals surface area contributed by atoms with Gasteiger partial charge in [0.25, 0.3) is 0 Å². The van der Waals surface area contributed by atoms with Crippen molar-refractivity contribution in [3.8, 4) is 28.8 Å². The van der Waals surface area contributed by atoms with E-state index in [-0.39, 0.29) is 12.1 Å². The van der Waals surface area contributed by atoms with E-state index in [2.05, 4.69) is 38.4 Å². The Balaban J connectivity index is 1.31. The van der Waals surface area contributed by atoms with E-state index >= 15 is 0 Å². The van der Waals surface area contributed by atoms with E-state index in [0.29, 0.717) is 29.3 Å². The van der Waals surface area contributed by atoms with E-state index in [0.717, 1.165) is 16.8 Å². The summed E-state index contributed by atoms with van der Waals surface area (Å²) in [6.45, 7) is 0.400. The highest BCUT2D eigenvalue weighted by Gasteiger charge is 2.28. The van der Waals surface area contributed by atoms with Gasteiger partial charge in [-0.3, -0.25) is 0 Å². The molecule has 2 heterocycles. The molecular weight excluding hydrogens is 402 g/mol. The van der Waals surface area contributed by atoms with Gasteiger partial charge in [-0.1, -0.05) is 42.5 Å². The van der Waals surface area contributed by atoms with Gasteiger partial charge in [0, 0.05) is 18.2 Å². The Morgan fingerprint density at radius 2 is 1.91 bits per heavy atom. The summed E-state index contributed by atoms with van der Waals surface area (Å²) in [7, 11) is 0. The predicted molar refractivity (Wildman–Crippen MR) is 120 cm³/mol. The average molecular weight is 421 g/mol. The first-order chi connectivity index (χ1) is 15.7. The molecule has 4 aromatic rings. The van der Waals surface area contributed by atoms with Crippen molar-refractivity contribution in [2.75, 3.05) is 11.9 Å². The minimum Gasteiger partial charge on any atom is -0.455 e. The summed E-state index contributed by atoms with van der Waals surface area (Å²) in [4.78, 5) is 17.0. The zero-order valence-corrected chi connectivity index (χ0v) is 17.0. The van der Waals surface area contributed by atoms with Gasteiger partial charge in [0.2, 0.25) is 0 Å². The molecule has 1 aliphatic heterocycles. The molecule has 1 aliphatic rings. The van der Waals surface area contributed by atoms with Gasteiger partial charge in [-0.2, -0.15) is 5.26 Å². The second-order valence-corrected chi connectivity index (χ2v) is 7.36. The number of nitrogens with zero attached hydrogens (tertiary/aromatic N) is 3. The molecule has 7 heteroatoms. The first-order valence-corrected chi connectivity index (χ1v) is 10.2. The molecule has 32 heavy (non-hydrogen) atoms. The number of benzene rings is 3. The Hall–Kier alpha value is -4.57. The van der Waals surface area contributed by atoms with E-state index in [4.69, 9.17) is 4.74 Å². The molecule has 0 fully saturated rings. The number of fused-ring (bicyclic) bond motifs is 3. The van der Waals surface area contributed by atoms with E-state index < -0.39 is 0 Å². The lowest BCUT2D eigenvalue weighted by Gasteiger charge is -2.17. The number of carbonyl (C=O) groups is 1. The van der Waals surface area contributed by atoms with Crippen LogP contribution < -0.4 is 15.4 Å². The largest absolute Gasteiger partial charge is 0.455 e. The maximum Gasteiger partial charge on any atom is 0.319 e. The molecule has 0 spiro atoms. The number of nitrogens with one attached hydrogen (secondary N) is 2. The van der Waals surface area contributed by atoms with Crippen LogP contribution in [-0.2, 0) is 0 Å². The molecule has 0 saturated carbocycles. The Morgan fingerprint density at radius 1 is 1.09 bits per heavy atom. The summed E-state index contributed by atoms with van der Waals surface area (Å²) in [5.74, 6) is 1.01. The maximum absolute atomic E-state index is 12.7. The molecule has 1 atom stereocenters. The normalized spacial score (nSPS) is 13.5. The number of aromatic nitrogens is 2. The molecule has 5 rings (SSSR count). The lowest BCUT2D eigenvalue weighted by atomic mass is 10.0. The highest BCUT2D eigenvalue weighted by Crippen LogP contribution is 2.38. The van der Waals surface area contributed by atoms with Crippen LogP contribution in [-0.4, -0.2) is 22.1 Å². The van der Waals surface area contributed by atoms with Crippen LogP contribution in [0, 0.1) is 11.3 Å². The summed E-state index contributed by atoms with van der Waals surface area (Å²) >= 11 is 0. The number of ether oxygens (including phenoxy) is 1. The summed E-state index contributed by atoms with van der Waals surface area (Å²) in [6.07, 6.45) is 3.62. The van der Waals surface area contributed by atoms with Crippen LogP contribution in [0.5, 0.6) is 11.5 Å². The van der Waals surface area contributed by atoms with E-state index in [1.165, 1.54) is 0 Å². The average Bonchev–Trinajstić information content (AvgIpc) is 3.41. The molecule has 7 nitrogen and oxygen atoms in total. The molecular formula is C25H19N5O2. The van der Waals surface area contributed by atoms with Crippen LogP contribution in [0.1, 0.15) is 17.2 Å². The number of hydrogen-bond donors (Lipinski definition) is 2. The zero-order chi connectivity index (χ0) is 21.9. The third-order valence-corrected chi connectivity index (χ3v) is 5.38. The number of imidazole rings is 1. The van der Waals surface area contributed by atoms with Crippen molar-refractivity contribution in [1.29, 1.82) is 5.26 Å². The van der Waals surface area contributed by atoms with Gasteiger partial charge in [-0.25, -0.2) is 9.78 Å². The number of hydrogen-bond acceptors (Lipinski definition) is 4. The molecule has 156 valence electrons. The van der Waals surface area contributed by atoms with Gasteiger partial charge in [0.05, 0.1) is 41.6 Å². The van der Waals surface area contributed by atoms with E-state index in [1.807, 2.05) is 48.7 Å². The third kappa shape index (κ3) is 3.66. The first kappa shape index (κ1) is 19.4. The second-order valence-electron chi connectivity index (χ2n) is 7.36. The minimum atomic E-state index is -0.362. The van der Waals surface area contributed by atoms with Gasteiger partial charge in [-0.05, 0) is 29.8 Å². The quantitative estimate of drug-likeness (QED) is 0.477. The summed E-state index contributed by atoms with van der Waals surface area (Å²) in [5.41, 5.74) is 4.23.